The van der Waals surface area contributed by atoms with Crippen LogP contribution in [0.2, 0.25) is 0 Å². The Morgan fingerprint density at radius 2 is 1.89 bits per heavy atom. The van der Waals surface area contributed by atoms with Crippen LogP contribution in [0.25, 0.3) is 0 Å². The summed E-state index contributed by atoms with van der Waals surface area (Å²) in [5.41, 5.74) is -0.800. The number of rotatable bonds is 6. The molecule has 0 saturated carbocycles. The topological polar surface area (TPSA) is 65.0 Å². The van der Waals surface area contributed by atoms with E-state index in [0.717, 1.165) is 5.56 Å². The zero-order chi connectivity index (χ0) is 14.5. The van der Waals surface area contributed by atoms with E-state index in [2.05, 4.69) is 0 Å². The zero-order valence-electron chi connectivity index (χ0n) is 11.7. The van der Waals surface area contributed by atoms with Crippen LogP contribution < -0.4 is 9.47 Å². The maximum Gasteiger partial charge on any atom is 0.338 e. The monoisotopic (exact) mass is 268 g/mol. The molecular formula is C14H20O5. The Labute approximate surface area is 113 Å². The van der Waals surface area contributed by atoms with E-state index in [4.69, 9.17) is 14.2 Å². The molecule has 0 radical (unpaired) electrons. The Balaban J connectivity index is 2.90. The van der Waals surface area contributed by atoms with Gasteiger partial charge in [-0.25, -0.2) is 4.79 Å². The van der Waals surface area contributed by atoms with Gasteiger partial charge in [-0.1, -0.05) is 6.07 Å². The molecule has 5 heteroatoms. The third-order valence-electron chi connectivity index (χ3n) is 2.71. The van der Waals surface area contributed by atoms with E-state index < -0.39 is 11.6 Å². The molecule has 0 heterocycles. The first-order valence-electron chi connectivity index (χ1n) is 6.05. The Kier molecular flexibility index (Phi) is 5.18. The molecule has 1 aromatic carbocycles. The maximum absolute atomic E-state index is 11.6. The molecule has 0 aliphatic carbocycles. The van der Waals surface area contributed by atoms with Gasteiger partial charge in [0.1, 0.15) is 0 Å². The summed E-state index contributed by atoms with van der Waals surface area (Å²) in [7, 11) is 3.08. The van der Waals surface area contributed by atoms with Crippen molar-refractivity contribution in [3.63, 3.8) is 0 Å². The zero-order valence-corrected chi connectivity index (χ0v) is 11.7. The smallest absolute Gasteiger partial charge is 0.338 e. The highest BCUT2D eigenvalue weighted by Gasteiger charge is 2.32. The molecule has 0 aromatic heterocycles. The Morgan fingerprint density at radius 1 is 1.26 bits per heavy atom. The average Bonchev–Trinajstić information content (AvgIpc) is 2.38. The van der Waals surface area contributed by atoms with Gasteiger partial charge in [0, 0.05) is 6.42 Å². The highest BCUT2D eigenvalue weighted by Crippen LogP contribution is 2.29. The molecule has 106 valence electrons. The summed E-state index contributed by atoms with van der Waals surface area (Å²) in [4.78, 5) is 11.6. The molecule has 0 fully saturated rings. The average molecular weight is 268 g/mol. The van der Waals surface area contributed by atoms with Gasteiger partial charge in [0.15, 0.2) is 17.1 Å². The molecule has 19 heavy (non-hydrogen) atoms. The molecule has 1 aromatic rings. The van der Waals surface area contributed by atoms with E-state index in [1.807, 2.05) is 0 Å². The first-order chi connectivity index (χ1) is 8.94. The summed E-state index contributed by atoms with van der Waals surface area (Å²) in [6.07, 6.45) is 0.145. The van der Waals surface area contributed by atoms with Crippen LogP contribution in [0.4, 0.5) is 0 Å². The molecule has 0 bridgehead atoms. The van der Waals surface area contributed by atoms with Crippen LogP contribution in [0, 0.1) is 0 Å². The number of esters is 1. The maximum atomic E-state index is 11.6. The predicted molar refractivity (Wildman–Crippen MR) is 70.5 cm³/mol. The molecular weight excluding hydrogens is 248 g/mol. The van der Waals surface area contributed by atoms with E-state index in [0.29, 0.717) is 11.5 Å². The first-order valence-corrected chi connectivity index (χ1v) is 6.05. The van der Waals surface area contributed by atoms with Gasteiger partial charge in [0.2, 0.25) is 0 Å². The van der Waals surface area contributed by atoms with Gasteiger partial charge in [-0.05, 0) is 31.5 Å². The Morgan fingerprint density at radius 3 is 2.42 bits per heavy atom. The fraction of sp³-hybridized carbons (Fsp3) is 0.500. The van der Waals surface area contributed by atoms with Crippen molar-refractivity contribution in [1.82, 2.24) is 0 Å². The highest BCUT2D eigenvalue weighted by atomic mass is 16.5. The summed E-state index contributed by atoms with van der Waals surface area (Å²) in [6, 6.07) is 5.23. The second-order valence-corrected chi connectivity index (χ2v) is 4.36. The minimum absolute atomic E-state index is 0.145. The number of carbonyl (C=O) groups is 1. The van der Waals surface area contributed by atoms with Crippen molar-refractivity contribution in [2.45, 2.75) is 25.9 Å². The summed E-state index contributed by atoms with van der Waals surface area (Å²) in [5.74, 6) is 0.520. The second kappa shape index (κ2) is 6.43. The van der Waals surface area contributed by atoms with Crippen molar-refractivity contribution >= 4 is 5.97 Å². The molecule has 5 nitrogen and oxygen atoms in total. The third-order valence-corrected chi connectivity index (χ3v) is 2.71. The van der Waals surface area contributed by atoms with E-state index in [-0.39, 0.29) is 13.0 Å². The van der Waals surface area contributed by atoms with Gasteiger partial charge in [0.05, 0.1) is 20.8 Å². The molecule has 1 rings (SSSR count). The fourth-order valence-corrected chi connectivity index (χ4v) is 1.75. The van der Waals surface area contributed by atoms with E-state index in [1.165, 1.54) is 14.0 Å². The van der Waals surface area contributed by atoms with E-state index >= 15 is 0 Å². The lowest BCUT2D eigenvalue weighted by Crippen LogP contribution is -2.39. The number of hydrogen-bond acceptors (Lipinski definition) is 5. The third kappa shape index (κ3) is 3.86. The van der Waals surface area contributed by atoms with Crippen LogP contribution in [0.1, 0.15) is 19.4 Å². The molecule has 0 amide bonds. The fourth-order valence-electron chi connectivity index (χ4n) is 1.75. The minimum atomic E-state index is -1.56. The van der Waals surface area contributed by atoms with Crippen LogP contribution >= 0.6 is 0 Å². The highest BCUT2D eigenvalue weighted by molar-refractivity contribution is 5.79. The first kappa shape index (κ1) is 15.3. The van der Waals surface area contributed by atoms with Crippen molar-refractivity contribution in [2.24, 2.45) is 0 Å². The van der Waals surface area contributed by atoms with Crippen molar-refractivity contribution in [2.75, 3.05) is 20.8 Å². The molecule has 0 spiro atoms. The van der Waals surface area contributed by atoms with Gasteiger partial charge in [-0.3, -0.25) is 0 Å². The lowest BCUT2D eigenvalue weighted by molar-refractivity contribution is -0.163. The molecule has 0 aliphatic heterocycles. The normalized spacial score (nSPS) is 13.5. The van der Waals surface area contributed by atoms with Gasteiger partial charge in [0.25, 0.3) is 0 Å². The van der Waals surface area contributed by atoms with Crippen LogP contribution in [-0.4, -0.2) is 37.5 Å². The van der Waals surface area contributed by atoms with Gasteiger partial charge in [-0.15, -0.1) is 0 Å². The summed E-state index contributed by atoms with van der Waals surface area (Å²) < 4.78 is 15.1. The minimum Gasteiger partial charge on any atom is -0.493 e. The molecule has 0 aliphatic rings. The van der Waals surface area contributed by atoms with Crippen molar-refractivity contribution in [3.05, 3.63) is 23.8 Å². The number of methoxy groups -OCH3 is 2. The number of ether oxygens (including phenoxy) is 3. The quantitative estimate of drug-likeness (QED) is 0.793. The number of benzene rings is 1. The van der Waals surface area contributed by atoms with E-state index in [1.54, 1.807) is 32.2 Å². The summed E-state index contributed by atoms with van der Waals surface area (Å²) in [5, 5.41) is 10.1. The number of carbonyl (C=O) groups excluding carboxylic acids is 1. The van der Waals surface area contributed by atoms with Crippen molar-refractivity contribution in [1.29, 1.82) is 0 Å². The summed E-state index contributed by atoms with van der Waals surface area (Å²) in [6.45, 7) is 3.37. The van der Waals surface area contributed by atoms with Crippen molar-refractivity contribution in [3.8, 4) is 11.5 Å². The standard InChI is InChI=1S/C14H20O5/c1-5-19-13(15)14(2,16)9-10-6-7-11(17-3)12(8-10)18-4/h6-8,16H,5,9H2,1-4H3. The predicted octanol–water partition coefficient (Wildman–Crippen LogP) is 1.56. The van der Waals surface area contributed by atoms with E-state index in [9.17, 15) is 9.90 Å². The SMILES string of the molecule is CCOC(=O)C(C)(O)Cc1ccc(OC)c(OC)c1. The second-order valence-electron chi connectivity index (χ2n) is 4.36. The van der Waals surface area contributed by atoms with Crippen LogP contribution in [0.3, 0.4) is 0 Å². The van der Waals surface area contributed by atoms with Crippen LogP contribution in [0.5, 0.6) is 11.5 Å². The lowest BCUT2D eigenvalue weighted by Gasteiger charge is -2.21. The van der Waals surface area contributed by atoms with Crippen LogP contribution in [-0.2, 0) is 16.0 Å². The molecule has 1 N–H and O–H groups in total. The lowest BCUT2D eigenvalue weighted by atomic mass is 9.96. The van der Waals surface area contributed by atoms with Gasteiger partial charge < -0.3 is 19.3 Å². The van der Waals surface area contributed by atoms with Crippen LogP contribution in [0.15, 0.2) is 18.2 Å². The molecule has 1 atom stereocenters. The van der Waals surface area contributed by atoms with Crippen molar-refractivity contribution < 1.29 is 24.1 Å². The number of hydrogen-bond donors (Lipinski definition) is 1. The Bertz CT molecular complexity index is 439. The molecule has 0 saturated heterocycles. The summed E-state index contributed by atoms with van der Waals surface area (Å²) >= 11 is 0. The Hall–Kier alpha value is -1.75. The largest absolute Gasteiger partial charge is 0.493 e. The van der Waals surface area contributed by atoms with Gasteiger partial charge in [-0.2, -0.15) is 0 Å². The van der Waals surface area contributed by atoms with Gasteiger partial charge >= 0.3 is 5.97 Å². The molecule has 1 unspecified atom stereocenters. The number of aliphatic hydroxyl groups is 1.